The van der Waals surface area contributed by atoms with Crippen LogP contribution in [-0.2, 0) is 21.3 Å². The standard InChI is InChI=1S/C6H5Cl2NO5S/c1-15(11,12)14-6-5(8)3(13-9-6)2-4(7)10/h2H2,1H3. The topological polar surface area (TPSA) is 86.5 Å². The Bertz CT molecular complexity index is 480. The first-order valence-corrected chi connectivity index (χ1v) is 6.08. The van der Waals surface area contributed by atoms with Crippen molar-refractivity contribution >= 4 is 38.6 Å². The second-order valence-corrected chi connectivity index (χ2v) is 4.92. The molecule has 84 valence electrons. The molecule has 0 saturated carbocycles. The Morgan fingerprint density at radius 2 is 2.20 bits per heavy atom. The van der Waals surface area contributed by atoms with E-state index in [1.165, 1.54) is 0 Å². The van der Waals surface area contributed by atoms with Crippen LogP contribution >= 0.6 is 23.2 Å². The van der Waals surface area contributed by atoms with Crippen LogP contribution in [0.2, 0.25) is 5.02 Å². The molecule has 0 aliphatic heterocycles. The normalized spacial score (nSPS) is 11.4. The molecule has 0 saturated heterocycles. The number of nitrogens with zero attached hydrogens (tertiary/aromatic N) is 1. The highest BCUT2D eigenvalue weighted by molar-refractivity contribution is 7.86. The van der Waals surface area contributed by atoms with Gasteiger partial charge in [-0.05, 0) is 16.8 Å². The molecule has 1 aromatic rings. The van der Waals surface area contributed by atoms with Crippen LogP contribution < -0.4 is 4.18 Å². The average molecular weight is 274 g/mol. The molecule has 15 heavy (non-hydrogen) atoms. The van der Waals surface area contributed by atoms with Gasteiger partial charge >= 0.3 is 10.1 Å². The van der Waals surface area contributed by atoms with Gasteiger partial charge in [0, 0.05) is 0 Å². The van der Waals surface area contributed by atoms with Gasteiger partial charge in [-0.15, -0.1) is 0 Å². The van der Waals surface area contributed by atoms with Crippen LogP contribution in [0.3, 0.4) is 0 Å². The summed E-state index contributed by atoms with van der Waals surface area (Å²) in [5.41, 5.74) is 0. The average Bonchev–Trinajstić information content (AvgIpc) is 2.32. The van der Waals surface area contributed by atoms with E-state index in [0.29, 0.717) is 0 Å². The van der Waals surface area contributed by atoms with E-state index >= 15 is 0 Å². The summed E-state index contributed by atoms with van der Waals surface area (Å²) < 4.78 is 30.4. The van der Waals surface area contributed by atoms with Crippen LogP contribution in [0.4, 0.5) is 0 Å². The first-order chi connectivity index (χ1) is 6.79. The molecule has 1 rings (SSSR count). The van der Waals surface area contributed by atoms with Crippen LogP contribution in [0.25, 0.3) is 0 Å². The molecule has 6 nitrogen and oxygen atoms in total. The van der Waals surface area contributed by atoms with E-state index in [9.17, 15) is 13.2 Å². The van der Waals surface area contributed by atoms with E-state index in [2.05, 4.69) is 13.9 Å². The van der Waals surface area contributed by atoms with Crippen molar-refractivity contribution in [3.8, 4) is 5.88 Å². The van der Waals surface area contributed by atoms with Gasteiger partial charge in [-0.1, -0.05) is 11.6 Å². The lowest BCUT2D eigenvalue weighted by molar-refractivity contribution is -0.111. The Kier molecular flexibility index (Phi) is 3.58. The van der Waals surface area contributed by atoms with Crippen molar-refractivity contribution < 1.29 is 21.9 Å². The number of hydrogen-bond acceptors (Lipinski definition) is 6. The Balaban J connectivity index is 2.94. The SMILES string of the molecule is CS(=O)(=O)Oc1noc(CC(=O)Cl)c1Cl. The van der Waals surface area contributed by atoms with E-state index in [-0.39, 0.29) is 17.2 Å². The quantitative estimate of drug-likeness (QED) is 0.600. The van der Waals surface area contributed by atoms with Gasteiger partial charge in [0.05, 0.1) is 12.7 Å². The number of carbonyl (C=O) groups is 1. The molecule has 1 aromatic heterocycles. The Morgan fingerprint density at radius 1 is 1.60 bits per heavy atom. The molecule has 0 aliphatic rings. The fraction of sp³-hybridized carbons (Fsp3) is 0.333. The summed E-state index contributed by atoms with van der Waals surface area (Å²) in [5.74, 6) is -0.456. The third-order valence-electron chi connectivity index (χ3n) is 1.20. The number of hydrogen-bond donors (Lipinski definition) is 0. The first kappa shape index (κ1) is 12.3. The van der Waals surface area contributed by atoms with Crippen molar-refractivity contribution in [3.05, 3.63) is 10.8 Å². The first-order valence-electron chi connectivity index (χ1n) is 3.51. The maximum Gasteiger partial charge on any atom is 0.307 e. The molecule has 0 amide bonds. The van der Waals surface area contributed by atoms with Crippen molar-refractivity contribution in [1.82, 2.24) is 5.16 Å². The fourth-order valence-corrected chi connectivity index (χ4v) is 1.47. The summed E-state index contributed by atoms with van der Waals surface area (Å²) in [4.78, 5) is 10.5. The summed E-state index contributed by atoms with van der Waals surface area (Å²) in [6.45, 7) is 0. The summed E-state index contributed by atoms with van der Waals surface area (Å²) >= 11 is 10.7. The second kappa shape index (κ2) is 4.38. The zero-order chi connectivity index (χ0) is 11.6. The van der Waals surface area contributed by atoms with Gasteiger partial charge in [-0.2, -0.15) is 8.42 Å². The molecule has 0 aromatic carbocycles. The van der Waals surface area contributed by atoms with Crippen LogP contribution in [0.5, 0.6) is 5.88 Å². The Labute approximate surface area is 95.2 Å². The summed E-state index contributed by atoms with van der Waals surface area (Å²) in [6, 6.07) is 0. The van der Waals surface area contributed by atoms with Gasteiger partial charge in [0.1, 0.15) is 5.02 Å². The molecule has 0 atom stereocenters. The third kappa shape index (κ3) is 3.69. The van der Waals surface area contributed by atoms with Crippen molar-refractivity contribution in [2.45, 2.75) is 6.42 Å². The van der Waals surface area contributed by atoms with Crippen LogP contribution in [-0.4, -0.2) is 25.1 Å². The molecular weight excluding hydrogens is 269 g/mol. The number of aromatic nitrogens is 1. The van der Waals surface area contributed by atoms with Crippen LogP contribution in [0, 0.1) is 0 Å². The summed E-state index contributed by atoms with van der Waals surface area (Å²) in [7, 11) is -3.74. The zero-order valence-electron chi connectivity index (χ0n) is 7.36. The summed E-state index contributed by atoms with van der Waals surface area (Å²) in [5, 5.41) is 2.34. The van der Waals surface area contributed by atoms with Crippen molar-refractivity contribution in [3.63, 3.8) is 0 Å². The largest absolute Gasteiger partial charge is 0.357 e. The van der Waals surface area contributed by atoms with E-state index < -0.39 is 21.2 Å². The molecule has 0 bridgehead atoms. The molecule has 0 N–H and O–H groups in total. The number of carbonyl (C=O) groups excluding carboxylic acids is 1. The van der Waals surface area contributed by atoms with Gasteiger partial charge in [0.25, 0.3) is 5.88 Å². The summed E-state index contributed by atoms with van der Waals surface area (Å²) in [6.07, 6.45) is 0.533. The van der Waals surface area contributed by atoms with Crippen molar-refractivity contribution in [2.24, 2.45) is 0 Å². The molecule has 0 unspecified atom stereocenters. The van der Waals surface area contributed by atoms with Crippen LogP contribution in [0.15, 0.2) is 4.52 Å². The minimum Gasteiger partial charge on any atom is -0.357 e. The van der Waals surface area contributed by atoms with Gasteiger partial charge < -0.3 is 8.71 Å². The fourth-order valence-electron chi connectivity index (χ4n) is 0.727. The minimum absolute atomic E-state index is 0.0460. The maximum absolute atomic E-state index is 10.7. The van der Waals surface area contributed by atoms with Gasteiger partial charge in [0.2, 0.25) is 5.24 Å². The maximum atomic E-state index is 10.7. The van der Waals surface area contributed by atoms with E-state index in [0.717, 1.165) is 6.26 Å². The molecule has 1 heterocycles. The van der Waals surface area contributed by atoms with Gasteiger partial charge in [-0.3, -0.25) is 4.79 Å². The van der Waals surface area contributed by atoms with Crippen molar-refractivity contribution in [2.75, 3.05) is 6.26 Å². The van der Waals surface area contributed by atoms with E-state index in [1.54, 1.807) is 0 Å². The van der Waals surface area contributed by atoms with Gasteiger partial charge in [-0.25, -0.2) is 0 Å². The molecule has 9 heteroatoms. The number of halogens is 2. The van der Waals surface area contributed by atoms with Crippen LogP contribution in [0.1, 0.15) is 5.76 Å². The smallest absolute Gasteiger partial charge is 0.307 e. The van der Waals surface area contributed by atoms with Crippen molar-refractivity contribution in [1.29, 1.82) is 0 Å². The molecule has 0 radical (unpaired) electrons. The lowest BCUT2D eigenvalue weighted by atomic mass is 10.3. The highest BCUT2D eigenvalue weighted by atomic mass is 35.5. The molecule has 0 spiro atoms. The zero-order valence-corrected chi connectivity index (χ0v) is 9.69. The van der Waals surface area contributed by atoms with Gasteiger partial charge in [0.15, 0.2) is 5.76 Å². The predicted molar refractivity (Wildman–Crippen MR) is 51.5 cm³/mol. The second-order valence-electron chi connectivity index (χ2n) is 2.54. The molecule has 0 fully saturated rings. The number of rotatable bonds is 4. The highest BCUT2D eigenvalue weighted by Crippen LogP contribution is 2.28. The monoisotopic (exact) mass is 273 g/mol. The van der Waals surface area contributed by atoms with E-state index in [4.69, 9.17) is 23.2 Å². The minimum atomic E-state index is -3.74. The lowest BCUT2D eigenvalue weighted by Gasteiger charge is -1.96. The Morgan fingerprint density at radius 3 is 2.67 bits per heavy atom. The Hall–Kier alpha value is -0.790. The molecular formula is C6H5Cl2NO5S. The predicted octanol–water partition coefficient (Wildman–Crippen LogP) is 0.974. The van der Waals surface area contributed by atoms with E-state index in [1.807, 2.05) is 0 Å². The highest BCUT2D eigenvalue weighted by Gasteiger charge is 2.20. The lowest BCUT2D eigenvalue weighted by Crippen LogP contribution is -2.06. The molecule has 0 aliphatic carbocycles. The third-order valence-corrected chi connectivity index (χ3v) is 2.17.